The van der Waals surface area contributed by atoms with Crippen LogP contribution in [0.5, 0.6) is 0 Å². The molecule has 0 aromatic heterocycles. The Hall–Kier alpha value is -0.560. The van der Waals surface area contributed by atoms with Gasteiger partial charge in [-0.3, -0.25) is 0 Å². The number of hydrogen-bond donors (Lipinski definition) is 0. The maximum absolute atomic E-state index is 3.69. The van der Waals surface area contributed by atoms with Gasteiger partial charge in [0, 0.05) is 12.6 Å². The molecule has 0 saturated heterocycles. The second kappa shape index (κ2) is 6.01. The van der Waals surface area contributed by atoms with Crippen molar-refractivity contribution in [3.05, 3.63) is 24.3 Å². The summed E-state index contributed by atoms with van der Waals surface area (Å²) in [5.41, 5.74) is 1.42. The van der Waals surface area contributed by atoms with E-state index < -0.39 is 0 Å². The van der Waals surface area contributed by atoms with Crippen LogP contribution in [0, 0.1) is 0 Å². The van der Waals surface area contributed by atoms with Crippen LogP contribution in [-0.2, 0) is 0 Å². The van der Waals surface area contributed by atoms with Crippen molar-refractivity contribution in [2.75, 3.05) is 13.6 Å². The first-order valence-corrected chi connectivity index (χ1v) is 4.54. The Kier molecular flexibility index (Phi) is 5.73. The van der Waals surface area contributed by atoms with Gasteiger partial charge in [-0.1, -0.05) is 17.7 Å². The highest BCUT2D eigenvalue weighted by molar-refractivity contribution is 5.03. The van der Waals surface area contributed by atoms with E-state index in [1.54, 1.807) is 0 Å². The second-order valence-electron chi connectivity index (χ2n) is 3.58. The van der Waals surface area contributed by atoms with Crippen LogP contribution >= 0.6 is 0 Å². The van der Waals surface area contributed by atoms with Gasteiger partial charge in [0.05, 0.1) is 0 Å². The third-order valence-corrected chi connectivity index (χ3v) is 2.01. The highest BCUT2D eigenvalue weighted by Gasteiger charge is 2.02. The van der Waals surface area contributed by atoms with Gasteiger partial charge in [-0.15, -0.1) is 6.58 Å². The number of hydrogen-bond acceptors (Lipinski definition) is 1. The van der Waals surface area contributed by atoms with E-state index in [2.05, 4.69) is 45.4 Å². The zero-order valence-electron chi connectivity index (χ0n) is 8.80. The molecule has 0 aliphatic rings. The van der Waals surface area contributed by atoms with Gasteiger partial charge < -0.3 is 4.90 Å². The minimum atomic E-state index is 0.622. The predicted molar refractivity (Wildman–Crippen MR) is 56.3 cm³/mol. The van der Waals surface area contributed by atoms with E-state index in [4.69, 9.17) is 0 Å². The largest absolute Gasteiger partial charge is 0.300 e. The molecule has 0 atom stereocenters. The Morgan fingerprint density at radius 1 is 1.50 bits per heavy atom. The quantitative estimate of drug-likeness (QED) is 0.569. The monoisotopic (exact) mass is 167 g/mol. The Labute approximate surface area is 76.8 Å². The van der Waals surface area contributed by atoms with Crippen LogP contribution in [0.25, 0.3) is 0 Å². The molecule has 1 heteroatoms. The minimum absolute atomic E-state index is 0.622. The Balaban J connectivity index is 3.82. The summed E-state index contributed by atoms with van der Waals surface area (Å²) in [6, 6.07) is 0.622. The topological polar surface area (TPSA) is 3.24 Å². The molecule has 0 aliphatic carbocycles. The molecular weight excluding hydrogens is 146 g/mol. The van der Waals surface area contributed by atoms with E-state index in [1.807, 2.05) is 6.08 Å². The lowest BCUT2D eigenvalue weighted by Crippen LogP contribution is -2.27. The zero-order valence-corrected chi connectivity index (χ0v) is 8.80. The van der Waals surface area contributed by atoms with E-state index in [0.717, 1.165) is 13.0 Å². The first-order chi connectivity index (χ1) is 5.57. The molecule has 0 aromatic rings. The summed E-state index contributed by atoms with van der Waals surface area (Å²) in [5.74, 6) is 0. The van der Waals surface area contributed by atoms with Gasteiger partial charge in [-0.05, 0) is 34.2 Å². The summed E-state index contributed by atoms with van der Waals surface area (Å²) in [6.07, 6.45) is 5.14. The lowest BCUT2D eigenvalue weighted by Gasteiger charge is -2.21. The van der Waals surface area contributed by atoms with Gasteiger partial charge in [0.1, 0.15) is 0 Å². The summed E-state index contributed by atoms with van der Waals surface area (Å²) in [4.78, 5) is 2.33. The Morgan fingerprint density at radius 3 is 2.50 bits per heavy atom. The molecule has 0 heterocycles. The van der Waals surface area contributed by atoms with Crippen molar-refractivity contribution in [3.63, 3.8) is 0 Å². The molecule has 0 aromatic carbocycles. The molecule has 0 amide bonds. The standard InChI is InChI=1S/C11H21N/c1-6-7-8-11(4)9-12(5)10(2)3/h6,8,10H,1,7,9H2,2-5H3/b11-8+. The van der Waals surface area contributed by atoms with Crippen LogP contribution in [-0.4, -0.2) is 24.5 Å². The van der Waals surface area contributed by atoms with Crippen molar-refractivity contribution in [1.82, 2.24) is 4.90 Å². The van der Waals surface area contributed by atoms with Gasteiger partial charge in [-0.2, -0.15) is 0 Å². The predicted octanol–water partition coefficient (Wildman–Crippen LogP) is 2.85. The SMILES string of the molecule is C=CC/C=C(\C)CN(C)C(C)C. The number of allylic oxidation sites excluding steroid dienone is 2. The third-order valence-electron chi connectivity index (χ3n) is 2.01. The van der Waals surface area contributed by atoms with Crippen molar-refractivity contribution in [3.8, 4) is 0 Å². The van der Waals surface area contributed by atoms with Gasteiger partial charge in [0.2, 0.25) is 0 Å². The fourth-order valence-electron chi connectivity index (χ4n) is 0.925. The van der Waals surface area contributed by atoms with E-state index in [0.29, 0.717) is 6.04 Å². The normalized spacial score (nSPS) is 12.7. The smallest absolute Gasteiger partial charge is 0.0189 e. The van der Waals surface area contributed by atoms with Crippen molar-refractivity contribution in [2.24, 2.45) is 0 Å². The average Bonchev–Trinajstić information content (AvgIpc) is 2.00. The highest BCUT2D eigenvalue weighted by Crippen LogP contribution is 2.01. The molecule has 0 N–H and O–H groups in total. The molecule has 0 fully saturated rings. The van der Waals surface area contributed by atoms with Crippen LogP contribution < -0.4 is 0 Å². The summed E-state index contributed by atoms with van der Waals surface area (Å²) in [6.45, 7) is 11.3. The van der Waals surface area contributed by atoms with Crippen LogP contribution in [0.2, 0.25) is 0 Å². The van der Waals surface area contributed by atoms with Gasteiger partial charge in [-0.25, -0.2) is 0 Å². The molecule has 0 spiro atoms. The molecular formula is C11H21N. The van der Waals surface area contributed by atoms with E-state index in [9.17, 15) is 0 Å². The summed E-state index contributed by atoms with van der Waals surface area (Å²) < 4.78 is 0. The molecule has 12 heavy (non-hydrogen) atoms. The molecule has 0 bridgehead atoms. The molecule has 0 radical (unpaired) electrons. The lowest BCUT2D eigenvalue weighted by molar-refractivity contribution is 0.296. The first-order valence-electron chi connectivity index (χ1n) is 4.54. The van der Waals surface area contributed by atoms with Gasteiger partial charge in [0.25, 0.3) is 0 Å². The average molecular weight is 167 g/mol. The third kappa shape index (κ3) is 5.14. The number of rotatable bonds is 5. The van der Waals surface area contributed by atoms with Crippen LogP contribution in [0.4, 0.5) is 0 Å². The summed E-state index contributed by atoms with van der Waals surface area (Å²) in [5, 5.41) is 0. The molecule has 0 rings (SSSR count). The second-order valence-corrected chi connectivity index (χ2v) is 3.58. The molecule has 1 nitrogen and oxygen atoms in total. The number of likely N-dealkylation sites (N-methyl/N-ethyl adjacent to an activating group) is 1. The molecule has 70 valence electrons. The van der Waals surface area contributed by atoms with E-state index in [1.165, 1.54) is 5.57 Å². The van der Waals surface area contributed by atoms with E-state index >= 15 is 0 Å². The summed E-state index contributed by atoms with van der Waals surface area (Å²) in [7, 11) is 2.15. The van der Waals surface area contributed by atoms with Gasteiger partial charge in [0.15, 0.2) is 0 Å². The molecule has 0 unspecified atom stereocenters. The highest BCUT2D eigenvalue weighted by atomic mass is 15.1. The van der Waals surface area contributed by atoms with Crippen LogP contribution in [0.3, 0.4) is 0 Å². The fraction of sp³-hybridized carbons (Fsp3) is 0.636. The van der Waals surface area contributed by atoms with Crippen molar-refractivity contribution in [2.45, 2.75) is 33.2 Å². The Morgan fingerprint density at radius 2 is 2.08 bits per heavy atom. The molecule has 0 saturated carbocycles. The first kappa shape index (κ1) is 11.4. The number of nitrogens with zero attached hydrogens (tertiary/aromatic N) is 1. The van der Waals surface area contributed by atoms with Crippen molar-refractivity contribution < 1.29 is 0 Å². The van der Waals surface area contributed by atoms with Crippen LogP contribution in [0.15, 0.2) is 24.3 Å². The van der Waals surface area contributed by atoms with Gasteiger partial charge >= 0.3 is 0 Å². The van der Waals surface area contributed by atoms with Crippen molar-refractivity contribution in [1.29, 1.82) is 0 Å². The lowest BCUT2D eigenvalue weighted by atomic mass is 10.2. The van der Waals surface area contributed by atoms with E-state index in [-0.39, 0.29) is 0 Å². The maximum Gasteiger partial charge on any atom is 0.0189 e. The fourth-order valence-corrected chi connectivity index (χ4v) is 0.925. The Bertz CT molecular complexity index is 156. The summed E-state index contributed by atoms with van der Waals surface area (Å²) >= 11 is 0. The van der Waals surface area contributed by atoms with Crippen LogP contribution in [0.1, 0.15) is 27.2 Å². The zero-order chi connectivity index (χ0) is 9.56. The molecule has 0 aliphatic heterocycles. The minimum Gasteiger partial charge on any atom is -0.300 e. The maximum atomic E-state index is 3.69. The van der Waals surface area contributed by atoms with Crippen molar-refractivity contribution >= 4 is 0 Å².